The molecule has 0 aromatic heterocycles. The molecule has 1 aliphatic heterocycles. The van der Waals surface area contributed by atoms with Crippen molar-refractivity contribution in [1.29, 1.82) is 0 Å². The first-order chi connectivity index (χ1) is 9.72. The molecule has 20 heavy (non-hydrogen) atoms. The molecular weight excluding hydrogens is 294 g/mol. The van der Waals surface area contributed by atoms with Gasteiger partial charge in [-0.1, -0.05) is 47.8 Å². The van der Waals surface area contributed by atoms with Gasteiger partial charge in [0.25, 0.3) is 0 Å². The fourth-order valence-corrected chi connectivity index (χ4v) is 3.81. The molecule has 0 spiro atoms. The van der Waals surface area contributed by atoms with Crippen molar-refractivity contribution in [2.75, 3.05) is 0 Å². The number of thioether (sulfide) groups is 2. The third-order valence-corrected chi connectivity index (χ3v) is 5.06. The van der Waals surface area contributed by atoms with Crippen molar-refractivity contribution in [3.63, 3.8) is 0 Å². The fourth-order valence-electron chi connectivity index (χ4n) is 1.79. The van der Waals surface area contributed by atoms with Crippen LogP contribution < -0.4 is 0 Å². The van der Waals surface area contributed by atoms with E-state index in [0.717, 1.165) is 20.9 Å². The monoisotopic (exact) mass is 304 g/mol. The van der Waals surface area contributed by atoms with E-state index in [1.165, 1.54) is 24.3 Å². The van der Waals surface area contributed by atoms with Crippen LogP contribution in [0.3, 0.4) is 0 Å². The van der Waals surface area contributed by atoms with Gasteiger partial charge in [0.05, 0.1) is 0 Å². The molecule has 0 amide bonds. The Balaban J connectivity index is 1.77. The Morgan fingerprint density at radius 2 is 0.900 bits per heavy atom. The molecule has 2 aromatic rings. The summed E-state index contributed by atoms with van der Waals surface area (Å²) in [6, 6.07) is 12.9. The van der Waals surface area contributed by atoms with Crippen molar-refractivity contribution in [2.45, 2.75) is 0 Å². The van der Waals surface area contributed by atoms with Crippen LogP contribution in [0.4, 0.5) is 8.78 Å². The number of rotatable bonds is 2. The Kier molecular flexibility index (Phi) is 3.94. The molecule has 0 unspecified atom stereocenters. The summed E-state index contributed by atoms with van der Waals surface area (Å²) in [4.78, 5) is 2.17. The van der Waals surface area contributed by atoms with Crippen LogP contribution in [0.1, 0.15) is 11.1 Å². The predicted octanol–water partition coefficient (Wildman–Crippen LogP) is 5.74. The Labute approximate surface area is 124 Å². The van der Waals surface area contributed by atoms with Gasteiger partial charge in [0.15, 0.2) is 0 Å². The molecule has 100 valence electrons. The van der Waals surface area contributed by atoms with Gasteiger partial charge in [0.2, 0.25) is 0 Å². The highest BCUT2D eigenvalue weighted by molar-refractivity contribution is 8.18. The first-order valence-corrected chi connectivity index (χ1v) is 7.74. The van der Waals surface area contributed by atoms with Crippen LogP contribution in [0.2, 0.25) is 0 Å². The molecule has 0 nitrogen and oxygen atoms in total. The first kappa shape index (κ1) is 13.5. The zero-order valence-corrected chi connectivity index (χ0v) is 12.0. The van der Waals surface area contributed by atoms with Gasteiger partial charge in [-0.25, -0.2) is 8.78 Å². The van der Waals surface area contributed by atoms with E-state index < -0.39 is 0 Å². The summed E-state index contributed by atoms with van der Waals surface area (Å²) in [5.74, 6) is -0.462. The Morgan fingerprint density at radius 3 is 1.20 bits per heavy atom. The second kappa shape index (κ2) is 5.85. The maximum Gasteiger partial charge on any atom is 0.123 e. The summed E-state index contributed by atoms with van der Waals surface area (Å²) in [5.41, 5.74) is 2.00. The van der Waals surface area contributed by atoms with Crippen molar-refractivity contribution in [3.05, 3.63) is 82.1 Å². The summed E-state index contributed by atoms with van der Waals surface area (Å²) in [6.45, 7) is 0. The molecule has 4 heteroatoms. The third-order valence-electron chi connectivity index (χ3n) is 2.84. The summed E-state index contributed by atoms with van der Waals surface area (Å²) in [5, 5.41) is 4.08. The summed E-state index contributed by atoms with van der Waals surface area (Å²) in [7, 11) is 0. The van der Waals surface area contributed by atoms with Gasteiger partial charge in [0, 0.05) is 9.81 Å². The van der Waals surface area contributed by atoms with E-state index in [0.29, 0.717) is 0 Å². The zero-order chi connectivity index (χ0) is 13.9. The van der Waals surface area contributed by atoms with E-state index in [2.05, 4.69) is 0 Å². The third kappa shape index (κ3) is 2.97. The average Bonchev–Trinajstić information content (AvgIpc) is 2.49. The van der Waals surface area contributed by atoms with Crippen LogP contribution in [0.5, 0.6) is 0 Å². The first-order valence-electron chi connectivity index (χ1n) is 5.98. The molecule has 0 aliphatic carbocycles. The number of hydrogen-bond donors (Lipinski definition) is 0. The highest BCUT2D eigenvalue weighted by Gasteiger charge is 2.10. The van der Waals surface area contributed by atoms with Gasteiger partial charge in [-0.3, -0.25) is 0 Å². The smallest absolute Gasteiger partial charge is 0.123 e. The molecule has 3 rings (SSSR count). The van der Waals surface area contributed by atoms with Gasteiger partial charge >= 0.3 is 0 Å². The minimum absolute atomic E-state index is 0.231. The van der Waals surface area contributed by atoms with Gasteiger partial charge in [0.1, 0.15) is 11.6 Å². The lowest BCUT2D eigenvalue weighted by molar-refractivity contribution is 0.627. The topological polar surface area (TPSA) is 0 Å². The van der Waals surface area contributed by atoms with Gasteiger partial charge in [-0.05, 0) is 46.2 Å². The van der Waals surface area contributed by atoms with E-state index in [-0.39, 0.29) is 11.6 Å². The molecule has 1 heterocycles. The molecule has 2 aromatic carbocycles. The largest absolute Gasteiger partial charge is 0.207 e. The van der Waals surface area contributed by atoms with Crippen LogP contribution in [0.15, 0.2) is 59.3 Å². The SMILES string of the molecule is Fc1ccc(C2=CSC(c3ccc(F)cc3)=CS2)cc1. The fraction of sp³-hybridized carbons (Fsp3) is 0. The highest BCUT2D eigenvalue weighted by Crippen LogP contribution is 2.43. The molecule has 0 saturated heterocycles. The van der Waals surface area contributed by atoms with Crippen LogP contribution in [0, 0.1) is 11.6 Å². The molecule has 0 radical (unpaired) electrons. The summed E-state index contributed by atoms with van der Waals surface area (Å²) in [6.07, 6.45) is 0. The molecule has 0 bridgehead atoms. The van der Waals surface area contributed by atoms with Crippen LogP contribution in [-0.4, -0.2) is 0 Å². The molecule has 1 aliphatic rings. The summed E-state index contributed by atoms with van der Waals surface area (Å²) >= 11 is 3.18. The lowest BCUT2D eigenvalue weighted by Gasteiger charge is -2.13. The number of hydrogen-bond acceptors (Lipinski definition) is 2. The van der Waals surface area contributed by atoms with Crippen LogP contribution >= 0.6 is 23.5 Å². The lowest BCUT2D eigenvalue weighted by Crippen LogP contribution is -1.86. The average molecular weight is 304 g/mol. The molecule has 0 fully saturated rings. The van der Waals surface area contributed by atoms with E-state index in [4.69, 9.17) is 0 Å². The van der Waals surface area contributed by atoms with E-state index in [1.54, 1.807) is 47.8 Å². The van der Waals surface area contributed by atoms with E-state index >= 15 is 0 Å². The molecular formula is C16H10F2S2. The van der Waals surface area contributed by atoms with Gasteiger partial charge < -0.3 is 0 Å². The quantitative estimate of drug-likeness (QED) is 0.693. The van der Waals surface area contributed by atoms with Crippen LogP contribution in [-0.2, 0) is 0 Å². The Hall–Kier alpha value is -1.52. The minimum Gasteiger partial charge on any atom is -0.207 e. The summed E-state index contributed by atoms with van der Waals surface area (Å²) < 4.78 is 25.8. The van der Waals surface area contributed by atoms with E-state index in [1.807, 2.05) is 10.8 Å². The van der Waals surface area contributed by atoms with Crippen LogP contribution in [0.25, 0.3) is 9.81 Å². The van der Waals surface area contributed by atoms with E-state index in [9.17, 15) is 8.78 Å². The van der Waals surface area contributed by atoms with Crippen molar-refractivity contribution in [1.82, 2.24) is 0 Å². The predicted molar refractivity (Wildman–Crippen MR) is 83.9 cm³/mol. The highest BCUT2D eigenvalue weighted by atomic mass is 32.2. The van der Waals surface area contributed by atoms with Crippen molar-refractivity contribution >= 4 is 33.3 Å². The van der Waals surface area contributed by atoms with Gasteiger partial charge in [-0.2, -0.15) is 0 Å². The van der Waals surface area contributed by atoms with Crippen molar-refractivity contribution < 1.29 is 8.78 Å². The molecule has 0 saturated carbocycles. The number of benzene rings is 2. The normalized spacial score (nSPS) is 14.7. The Bertz CT molecular complexity index is 609. The van der Waals surface area contributed by atoms with Crippen molar-refractivity contribution in [2.24, 2.45) is 0 Å². The second-order valence-corrected chi connectivity index (χ2v) is 6.04. The Morgan fingerprint density at radius 1 is 0.550 bits per heavy atom. The maximum absolute atomic E-state index is 12.9. The standard InChI is InChI=1S/C16H10F2S2/c17-13-5-1-11(2-6-13)15-9-20-16(10-19-15)12-3-7-14(18)8-4-12/h1-10H. The van der Waals surface area contributed by atoms with Crippen molar-refractivity contribution in [3.8, 4) is 0 Å². The zero-order valence-electron chi connectivity index (χ0n) is 10.3. The van der Waals surface area contributed by atoms with Gasteiger partial charge in [-0.15, -0.1) is 0 Å². The minimum atomic E-state index is -0.231. The number of halogens is 2. The lowest BCUT2D eigenvalue weighted by atomic mass is 10.2. The second-order valence-electron chi connectivity index (χ2n) is 4.21. The maximum atomic E-state index is 12.9. The molecule has 0 N–H and O–H groups in total. The molecule has 0 atom stereocenters.